The fourth-order valence-electron chi connectivity index (χ4n) is 2.09. The summed E-state index contributed by atoms with van der Waals surface area (Å²) in [4.78, 5) is 4.39. The van der Waals surface area contributed by atoms with Gasteiger partial charge < -0.3 is 14.4 Å². The largest absolute Gasteiger partial charge is 0.345 e. The number of nitrogens with one attached hydrogen (secondary N) is 1. The number of nitrogens with zero attached hydrogens (tertiary/aromatic N) is 3. The summed E-state index contributed by atoms with van der Waals surface area (Å²) in [6.07, 6.45) is 5.25. The number of hydrogen-bond donors (Lipinski definition) is 1. The molecule has 2 aromatic heterocycles. The van der Waals surface area contributed by atoms with Crippen LogP contribution in [-0.2, 0) is 6.54 Å². The van der Waals surface area contributed by atoms with Gasteiger partial charge in [0.05, 0.1) is 0 Å². The van der Waals surface area contributed by atoms with E-state index < -0.39 is 0 Å². The summed E-state index contributed by atoms with van der Waals surface area (Å²) in [6, 6.07) is 2.53. The summed E-state index contributed by atoms with van der Waals surface area (Å²) in [5.74, 6) is 1.72. The molecule has 2 rings (SSSR count). The van der Waals surface area contributed by atoms with Crippen molar-refractivity contribution in [1.82, 2.24) is 20.0 Å². The van der Waals surface area contributed by atoms with Gasteiger partial charge in [-0.3, -0.25) is 0 Å². The lowest BCUT2D eigenvalue weighted by molar-refractivity contribution is 0.364. The van der Waals surface area contributed by atoms with Crippen LogP contribution >= 0.6 is 0 Å². The van der Waals surface area contributed by atoms with E-state index in [1.165, 1.54) is 5.56 Å². The number of hydrogen-bond acceptors (Lipinski definition) is 4. The minimum atomic E-state index is 0.298. The molecule has 1 atom stereocenters. The van der Waals surface area contributed by atoms with Crippen LogP contribution in [0.1, 0.15) is 56.4 Å². The second-order valence-electron chi connectivity index (χ2n) is 5.07. The van der Waals surface area contributed by atoms with Gasteiger partial charge in [0.2, 0.25) is 5.89 Å². The van der Waals surface area contributed by atoms with Crippen LogP contribution in [0.2, 0.25) is 0 Å². The van der Waals surface area contributed by atoms with Gasteiger partial charge in [-0.05, 0) is 25.1 Å². The highest BCUT2D eigenvalue weighted by Crippen LogP contribution is 2.17. The zero-order valence-electron chi connectivity index (χ0n) is 12.1. The molecule has 104 valence electrons. The van der Waals surface area contributed by atoms with Gasteiger partial charge in [-0.25, -0.2) is 0 Å². The van der Waals surface area contributed by atoms with Crippen molar-refractivity contribution in [2.24, 2.45) is 0 Å². The fourth-order valence-corrected chi connectivity index (χ4v) is 2.09. The average molecular weight is 262 g/mol. The molecular formula is C14H22N4O. The predicted octanol–water partition coefficient (Wildman–Crippen LogP) is 2.71. The molecule has 1 N–H and O–H groups in total. The molecule has 0 spiro atoms. The van der Waals surface area contributed by atoms with E-state index in [0.29, 0.717) is 24.4 Å². The highest BCUT2D eigenvalue weighted by molar-refractivity contribution is 5.15. The van der Waals surface area contributed by atoms with E-state index in [4.69, 9.17) is 4.52 Å². The maximum absolute atomic E-state index is 5.25. The van der Waals surface area contributed by atoms with E-state index in [9.17, 15) is 0 Å². The number of aromatic nitrogens is 3. The number of rotatable bonds is 6. The molecule has 0 radical (unpaired) electrons. The average Bonchev–Trinajstić information content (AvgIpc) is 3.01. The van der Waals surface area contributed by atoms with Crippen LogP contribution in [0.3, 0.4) is 0 Å². The maximum atomic E-state index is 5.25. The fraction of sp³-hybridized carbons (Fsp3) is 0.571. The molecule has 0 aromatic carbocycles. The van der Waals surface area contributed by atoms with E-state index >= 15 is 0 Å². The highest BCUT2D eigenvalue weighted by Gasteiger charge is 2.11. The zero-order chi connectivity index (χ0) is 13.8. The van der Waals surface area contributed by atoms with Crippen LogP contribution < -0.4 is 5.32 Å². The first-order chi connectivity index (χ1) is 9.13. The van der Waals surface area contributed by atoms with Crippen molar-refractivity contribution in [2.45, 2.75) is 45.7 Å². The third kappa shape index (κ3) is 3.23. The summed E-state index contributed by atoms with van der Waals surface area (Å²) in [5.41, 5.74) is 1.29. The normalized spacial score (nSPS) is 13.1. The van der Waals surface area contributed by atoms with Gasteiger partial charge in [-0.15, -0.1) is 0 Å². The van der Waals surface area contributed by atoms with Crippen molar-refractivity contribution in [3.8, 4) is 0 Å². The summed E-state index contributed by atoms with van der Waals surface area (Å²) in [5, 5.41) is 7.27. The van der Waals surface area contributed by atoms with E-state index in [0.717, 1.165) is 12.2 Å². The predicted molar refractivity (Wildman–Crippen MR) is 74.0 cm³/mol. The molecule has 19 heavy (non-hydrogen) atoms. The molecule has 2 aromatic rings. The Morgan fingerprint density at radius 3 is 2.79 bits per heavy atom. The Hall–Kier alpha value is -1.62. The van der Waals surface area contributed by atoms with Crippen LogP contribution in [0.4, 0.5) is 0 Å². The van der Waals surface area contributed by atoms with Gasteiger partial charge in [0.15, 0.2) is 5.82 Å². The standard InChI is InChI=1S/C14H22N4O/c1-5-12(15-4)11-6-7-18(8-11)9-13-16-14(10(2)3)17-19-13/h6-8,10,12,15H,5,9H2,1-4H3. The van der Waals surface area contributed by atoms with Gasteiger partial charge in [-0.1, -0.05) is 25.9 Å². The Labute approximate surface area is 114 Å². The topological polar surface area (TPSA) is 55.9 Å². The van der Waals surface area contributed by atoms with Crippen molar-refractivity contribution in [3.63, 3.8) is 0 Å². The van der Waals surface area contributed by atoms with Crippen LogP contribution in [0, 0.1) is 0 Å². The third-order valence-electron chi connectivity index (χ3n) is 3.25. The smallest absolute Gasteiger partial charge is 0.246 e. The Bertz CT molecular complexity index is 511. The molecule has 0 saturated carbocycles. The third-order valence-corrected chi connectivity index (χ3v) is 3.25. The Balaban J connectivity index is 2.06. The molecule has 2 heterocycles. The lowest BCUT2D eigenvalue weighted by Gasteiger charge is -2.11. The summed E-state index contributed by atoms with van der Waals surface area (Å²) in [6.45, 7) is 6.91. The lowest BCUT2D eigenvalue weighted by atomic mass is 10.1. The molecule has 5 nitrogen and oxygen atoms in total. The quantitative estimate of drug-likeness (QED) is 0.869. The Morgan fingerprint density at radius 2 is 2.21 bits per heavy atom. The van der Waals surface area contributed by atoms with Crippen LogP contribution in [-0.4, -0.2) is 21.8 Å². The molecule has 0 aliphatic rings. The Morgan fingerprint density at radius 1 is 1.42 bits per heavy atom. The second-order valence-corrected chi connectivity index (χ2v) is 5.07. The van der Waals surface area contributed by atoms with Crippen LogP contribution in [0.15, 0.2) is 23.0 Å². The van der Waals surface area contributed by atoms with E-state index in [2.05, 4.69) is 59.3 Å². The molecule has 0 aliphatic heterocycles. The van der Waals surface area contributed by atoms with Gasteiger partial charge in [0.25, 0.3) is 0 Å². The SMILES string of the molecule is CCC(NC)c1ccn(Cc2nc(C(C)C)no2)c1. The lowest BCUT2D eigenvalue weighted by Crippen LogP contribution is -2.14. The monoisotopic (exact) mass is 262 g/mol. The summed E-state index contributed by atoms with van der Waals surface area (Å²) in [7, 11) is 1.98. The van der Waals surface area contributed by atoms with Crippen LogP contribution in [0.25, 0.3) is 0 Å². The van der Waals surface area contributed by atoms with E-state index in [-0.39, 0.29) is 0 Å². The first kappa shape index (κ1) is 13.8. The maximum Gasteiger partial charge on any atom is 0.246 e. The first-order valence-electron chi connectivity index (χ1n) is 6.79. The summed E-state index contributed by atoms with van der Waals surface area (Å²) < 4.78 is 7.33. The van der Waals surface area contributed by atoms with Crippen molar-refractivity contribution in [1.29, 1.82) is 0 Å². The van der Waals surface area contributed by atoms with Crippen molar-refractivity contribution >= 4 is 0 Å². The summed E-state index contributed by atoms with van der Waals surface area (Å²) >= 11 is 0. The van der Waals surface area contributed by atoms with Crippen molar-refractivity contribution < 1.29 is 4.52 Å². The van der Waals surface area contributed by atoms with E-state index in [1.807, 2.05) is 7.05 Å². The molecule has 0 saturated heterocycles. The molecule has 0 amide bonds. The molecule has 0 fully saturated rings. The van der Waals surface area contributed by atoms with E-state index in [1.54, 1.807) is 0 Å². The van der Waals surface area contributed by atoms with Gasteiger partial charge in [0, 0.05) is 24.4 Å². The van der Waals surface area contributed by atoms with Crippen molar-refractivity contribution in [3.05, 3.63) is 35.7 Å². The highest BCUT2D eigenvalue weighted by atomic mass is 16.5. The van der Waals surface area contributed by atoms with Gasteiger partial charge in [0.1, 0.15) is 6.54 Å². The van der Waals surface area contributed by atoms with Gasteiger partial charge >= 0.3 is 0 Å². The molecular weight excluding hydrogens is 240 g/mol. The minimum Gasteiger partial charge on any atom is -0.345 e. The molecule has 5 heteroatoms. The molecule has 1 unspecified atom stereocenters. The molecule has 0 aliphatic carbocycles. The second kappa shape index (κ2) is 6.02. The van der Waals surface area contributed by atoms with Crippen molar-refractivity contribution in [2.75, 3.05) is 7.05 Å². The first-order valence-corrected chi connectivity index (χ1v) is 6.79. The zero-order valence-corrected chi connectivity index (χ0v) is 12.1. The minimum absolute atomic E-state index is 0.298. The Kier molecular flexibility index (Phi) is 4.37. The van der Waals surface area contributed by atoms with Crippen LogP contribution in [0.5, 0.6) is 0 Å². The van der Waals surface area contributed by atoms with Gasteiger partial charge in [-0.2, -0.15) is 4.98 Å². The molecule has 0 bridgehead atoms.